The summed E-state index contributed by atoms with van der Waals surface area (Å²) in [7, 11) is 0. The van der Waals surface area contributed by atoms with Gasteiger partial charge in [-0.25, -0.2) is 9.97 Å². The average Bonchev–Trinajstić information content (AvgIpc) is 2.74. The van der Waals surface area contributed by atoms with Crippen LogP contribution in [-0.2, 0) is 11.2 Å². The zero-order valence-corrected chi connectivity index (χ0v) is 15.1. The molecule has 0 aliphatic heterocycles. The first-order valence-corrected chi connectivity index (χ1v) is 9.29. The van der Waals surface area contributed by atoms with Gasteiger partial charge in [0.1, 0.15) is 0 Å². The Morgan fingerprint density at radius 3 is 2.70 bits per heavy atom. The summed E-state index contributed by atoms with van der Waals surface area (Å²) in [6.07, 6.45) is 2.83. The van der Waals surface area contributed by atoms with Gasteiger partial charge in [-0.15, -0.1) is 0 Å². The fraction of sp³-hybridized carbons (Fsp3) is 0.273. The third-order valence-corrected chi connectivity index (χ3v) is 4.85. The summed E-state index contributed by atoms with van der Waals surface area (Å²) >= 11 is 0. The van der Waals surface area contributed by atoms with Crippen LogP contribution in [0.5, 0.6) is 0 Å². The second-order valence-electron chi connectivity index (χ2n) is 6.58. The van der Waals surface area contributed by atoms with Gasteiger partial charge in [-0.1, -0.05) is 54.6 Å². The van der Waals surface area contributed by atoms with E-state index in [1.807, 2.05) is 6.20 Å². The van der Waals surface area contributed by atoms with E-state index in [0.717, 1.165) is 12.1 Å². The van der Waals surface area contributed by atoms with Gasteiger partial charge in [-0.2, -0.15) is 0 Å². The Hall–Kier alpha value is -2.76. The van der Waals surface area contributed by atoms with Crippen LogP contribution in [0.25, 0.3) is 11.3 Å². The number of benzene rings is 2. The first-order valence-electron chi connectivity index (χ1n) is 9.29. The predicted octanol–water partition coefficient (Wildman–Crippen LogP) is 3.25. The van der Waals surface area contributed by atoms with E-state index >= 15 is 0 Å². The van der Waals surface area contributed by atoms with Crippen LogP contribution < -0.4 is 5.32 Å². The van der Waals surface area contributed by atoms with Gasteiger partial charge in [0.25, 0.3) is 0 Å². The molecule has 0 amide bonds. The standard InChI is InChI=1S/C22H23N3O2/c26-11-13-27-12-10-23-22-24-15-17-14-20(16-6-2-1-3-7-16)18-8-4-5-9-19(18)21(17)25-22/h1-9,15,20,26H,10-14H2,(H,23,24,25). The summed E-state index contributed by atoms with van der Waals surface area (Å²) < 4.78 is 5.27. The summed E-state index contributed by atoms with van der Waals surface area (Å²) in [5.41, 5.74) is 5.98. The topological polar surface area (TPSA) is 67.3 Å². The van der Waals surface area contributed by atoms with Crippen molar-refractivity contribution in [2.75, 3.05) is 31.7 Å². The quantitative estimate of drug-likeness (QED) is 0.632. The third-order valence-electron chi connectivity index (χ3n) is 4.85. The van der Waals surface area contributed by atoms with E-state index in [1.165, 1.54) is 22.3 Å². The number of aliphatic hydroxyl groups is 1. The minimum absolute atomic E-state index is 0.0364. The molecule has 1 heterocycles. The zero-order valence-electron chi connectivity index (χ0n) is 15.1. The van der Waals surface area contributed by atoms with Gasteiger partial charge < -0.3 is 15.2 Å². The largest absolute Gasteiger partial charge is 0.394 e. The van der Waals surface area contributed by atoms with Gasteiger partial charge in [0.2, 0.25) is 5.95 Å². The number of rotatable bonds is 7. The minimum atomic E-state index is 0.0364. The smallest absolute Gasteiger partial charge is 0.223 e. The van der Waals surface area contributed by atoms with Gasteiger partial charge in [-0.05, 0) is 23.1 Å². The van der Waals surface area contributed by atoms with E-state index < -0.39 is 0 Å². The summed E-state index contributed by atoms with van der Waals surface area (Å²) in [5, 5.41) is 11.9. The molecule has 0 spiro atoms. The predicted molar refractivity (Wildman–Crippen MR) is 106 cm³/mol. The number of aromatic nitrogens is 2. The van der Waals surface area contributed by atoms with Crippen molar-refractivity contribution < 1.29 is 9.84 Å². The van der Waals surface area contributed by atoms with E-state index in [-0.39, 0.29) is 6.61 Å². The van der Waals surface area contributed by atoms with E-state index in [2.05, 4.69) is 64.9 Å². The highest BCUT2D eigenvalue weighted by Gasteiger charge is 2.27. The molecule has 2 N–H and O–H groups in total. The Balaban J connectivity index is 1.60. The molecule has 1 unspecified atom stereocenters. The molecule has 27 heavy (non-hydrogen) atoms. The molecule has 3 aromatic rings. The average molecular weight is 361 g/mol. The normalized spacial score (nSPS) is 15.1. The monoisotopic (exact) mass is 361 g/mol. The zero-order chi connectivity index (χ0) is 18.5. The first kappa shape index (κ1) is 17.6. The summed E-state index contributed by atoms with van der Waals surface area (Å²) in [5.74, 6) is 0.929. The molecular weight excluding hydrogens is 338 g/mol. The van der Waals surface area contributed by atoms with Gasteiger partial charge in [0.15, 0.2) is 0 Å². The summed E-state index contributed by atoms with van der Waals surface area (Å²) in [4.78, 5) is 9.26. The van der Waals surface area contributed by atoms with Crippen LogP contribution >= 0.6 is 0 Å². The van der Waals surface area contributed by atoms with E-state index in [4.69, 9.17) is 14.8 Å². The maximum atomic E-state index is 8.74. The number of fused-ring (bicyclic) bond motifs is 3. The number of hydrogen-bond acceptors (Lipinski definition) is 5. The molecule has 138 valence electrons. The number of ether oxygens (including phenoxy) is 1. The first-order chi connectivity index (χ1) is 13.4. The lowest BCUT2D eigenvalue weighted by Gasteiger charge is -2.27. The van der Waals surface area contributed by atoms with E-state index in [1.54, 1.807) is 0 Å². The molecule has 5 nitrogen and oxygen atoms in total. The number of anilines is 1. The molecule has 4 rings (SSSR count). The van der Waals surface area contributed by atoms with Crippen molar-refractivity contribution in [3.05, 3.63) is 77.5 Å². The van der Waals surface area contributed by atoms with Crippen LogP contribution in [0.2, 0.25) is 0 Å². The maximum absolute atomic E-state index is 8.74. The molecule has 1 aliphatic carbocycles. The Morgan fingerprint density at radius 2 is 1.85 bits per heavy atom. The lowest BCUT2D eigenvalue weighted by atomic mass is 9.78. The second-order valence-corrected chi connectivity index (χ2v) is 6.58. The molecule has 1 aromatic heterocycles. The van der Waals surface area contributed by atoms with Crippen molar-refractivity contribution in [2.24, 2.45) is 0 Å². The van der Waals surface area contributed by atoms with Gasteiger partial charge in [-0.3, -0.25) is 0 Å². The molecular formula is C22H23N3O2. The number of nitrogens with one attached hydrogen (secondary N) is 1. The molecule has 1 atom stereocenters. The Morgan fingerprint density at radius 1 is 1.04 bits per heavy atom. The molecule has 0 saturated heterocycles. The Kier molecular flexibility index (Phi) is 5.42. The van der Waals surface area contributed by atoms with Crippen LogP contribution in [-0.4, -0.2) is 41.4 Å². The minimum Gasteiger partial charge on any atom is -0.394 e. The molecule has 2 aromatic carbocycles. The molecule has 5 heteroatoms. The molecule has 1 aliphatic rings. The molecule has 0 fully saturated rings. The van der Waals surface area contributed by atoms with E-state index in [0.29, 0.717) is 31.6 Å². The number of hydrogen-bond donors (Lipinski definition) is 2. The summed E-state index contributed by atoms with van der Waals surface area (Å²) in [6.45, 7) is 1.50. The van der Waals surface area contributed by atoms with Crippen molar-refractivity contribution in [3.63, 3.8) is 0 Å². The number of aliphatic hydroxyl groups excluding tert-OH is 1. The van der Waals surface area contributed by atoms with Crippen LogP contribution in [0.3, 0.4) is 0 Å². The number of nitrogens with zero attached hydrogens (tertiary/aromatic N) is 2. The Labute approximate surface area is 159 Å². The molecule has 0 saturated carbocycles. The fourth-order valence-corrected chi connectivity index (χ4v) is 3.61. The molecule has 0 radical (unpaired) electrons. The van der Waals surface area contributed by atoms with Gasteiger partial charge in [0.05, 0.1) is 25.5 Å². The SMILES string of the molecule is OCCOCCNc1ncc2c(n1)-c1ccccc1C(c1ccccc1)C2. The van der Waals surface area contributed by atoms with Crippen molar-refractivity contribution in [2.45, 2.75) is 12.3 Å². The second kappa shape index (κ2) is 8.29. The van der Waals surface area contributed by atoms with Crippen molar-refractivity contribution in [1.82, 2.24) is 9.97 Å². The van der Waals surface area contributed by atoms with Crippen molar-refractivity contribution in [3.8, 4) is 11.3 Å². The maximum Gasteiger partial charge on any atom is 0.223 e. The highest BCUT2D eigenvalue weighted by Crippen LogP contribution is 2.41. The van der Waals surface area contributed by atoms with Crippen molar-refractivity contribution >= 4 is 5.95 Å². The van der Waals surface area contributed by atoms with Crippen LogP contribution in [0.1, 0.15) is 22.6 Å². The summed E-state index contributed by atoms with van der Waals surface area (Å²) in [6, 6.07) is 19.1. The lowest BCUT2D eigenvalue weighted by Crippen LogP contribution is -2.17. The van der Waals surface area contributed by atoms with Crippen molar-refractivity contribution in [1.29, 1.82) is 0 Å². The van der Waals surface area contributed by atoms with Crippen LogP contribution in [0, 0.1) is 0 Å². The third kappa shape index (κ3) is 3.84. The molecule has 0 bridgehead atoms. The van der Waals surface area contributed by atoms with Gasteiger partial charge >= 0.3 is 0 Å². The van der Waals surface area contributed by atoms with Crippen LogP contribution in [0.15, 0.2) is 60.8 Å². The lowest BCUT2D eigenvalue weighted by molar-refractivity contribution is 0.0991. The van der Waals surface area contributed by atoms with Gasteiger partial charge in [0, 0.05) is 24.2 Å². The van der Waals surface area contributed by atoms with E-state index in [9.17, 15) is 0 Å². The fourth-order valence-electron chi connectivity index (χ4n) is 3.61. The highest BCUT2D eigenvalue weighted by atomic mass is 16.5. The van der Waals surface area contributed by atoms with Crippen LogP contribution in [0.4, 0.5) is 5.95 Å². The highest BCUT2D eigenvalue weighted by molar-refractivity contribution is 5.72. The Bertz CT molecular complexity index is 899.